The molecule has 5 rings (SSSR count). The molecule has 1 fully saturated rings. The van der Waals surface area contributed by atoms with Gasteiger partial charge in [-0.1, -0.05) is 24.3 Å². The zero-order valence-electron chi connectivity index (χ0n) is 20.5. The smallest absolute Gasteiger partial charge is 0.325 e. The minimum absolute atomic E-state index is 0.143. The molecule has 3 aromatic rings. The SMILES string of the molecule is COc1cc(NC(=O)c2cccc(N3C(=O)N[C@H]4C[C@@]3(C)Oc3ccccc34)c2)cc(OC)c1OC. The maximum atomic E-state index is 13.2. The van der Waals surface area contributed by atoms with Crippen molar-refractivity contribution in [3.8, 4) is 23.0 Å². The summed E-state index contributed by atoms with van der Waals surface area (Å²) in [5.41, 5.74) is 1.44. The Morgan fingerprint density at radius 1 is 1.03 bits per heavy atom. The van der Waals surface area contributed by atoms with Gasteiger partial charge in [0.2, 0.25) is 5.75 Å². The Kier molecular flexibility index (Phi) is 5.83. The highest BCUT2D eigenvalue weighted by Crippen LogP contribution is 2.45. The first-order chi connectivity index (χ1) is 17.4. The lowest BCUT2D eigenvalue weighted by Gasteiger charge is -2.50. The van der Waals surface area contributed by atoms with E-state index in [0.717, 1.165) is 11.3 Å². The van der Waals surface area contributed by atoms with Crippen LogP contribution in [-0.2, 0) is 0 Å². The summed E-state index contributed by atoms with van der Waals surface area (Å²) in [6, 6.07) is 17.4. The summed E-state index contributed by atoms with van der Waals surface area (Å²) in [5, 5.41) is 5.93. The molecule has 2 aliphatic heterocycles. The van der Waals surface area contributed by atoms with Crippen LogP contribution in [0.4, 0.5) is 16.2 Å². The average molecular weight is 490 g/mol. The summed E-state index contributed by atoms with van der Waals surface area (Å²) >= 11 is 0. The highest BCUT2D eigenvalue weighted by atomic mass is 16.5. The van der Waals surface area contributed by atoms with Gasteiger partial charge in [0.15, 0.2) is 17.2 Å². The zero-order chi connectivity index (χ0) is 25.4. The fourth-order valence-corrected chi connectivity index (χ4v) is 4.86. The molecule has 2 bridgehead atoms. The number of carbonyl (C=O) groups excluding carboxylic acids is 2. The van der Waals surface area contributed by atoms with Gasteiger partial charge in [0.1, 0.15) is 5.75 Å². The second-order valence-corrected chi connectivity index (χ2v) is 8.77. The molecule has 1 saturated heterocycles. The monoisotopic (exact) mass is 489 g/mol. The Morgan fingerprint density at radius 3 is 2.44 bits per heavy atom. The summed E-state index contributed by atoms with van der Waals surface area (Å²) < 4.78 is 22.4. The molecule has 0 radical (unpaired) electrons. The molecule has 186 valence electrons. The molecule has 0 saturated carbocycles. The molecule has 2 aliphatic rings. The van der Waals surface area contributed by atoms with E-state index in [2.05, 4.69) is 10.6 Å². The second kappa shape index (κ2) is 8.99. The Morgan fingerprint density at radius 2 is 1.75 bits per heavy atom. The van der Waals surface area contributed by atoms with Crippen LogP contribution in [0, 0.1) is 0 Å². The molecular weight excluding hydrogens is 462 g/mol. The lowest BCUT2D eigenvalue weighted by atomic mass is 9.90. The number of nitrogens with zero attached hydrogens (tertiary/aromatic N) is 1. The van der Waals surface area contributed by atoms with Crippen molar-refractivity contribution in [3.63, 3.8) is 0 Å². The standard InChI is InChI=1S/C27H27N3O6/c1-27-15-20(19-10-5-6-11-21(19)36-27)29-26(32)30(27)18-9-7-8-16(12-18)25(31)28-17-13-22(33-2)24(35-4)23(14-17)34-3/h5-14,20H,15H2,1-4H3,(H,28,31)(H,29,32)/t20-,27+/m0/s1. The molecule has 36 heavy (non-hydrogen) atoms. The lowest BCUT2D eigenvalue weighted by Crippen LogP contribution is -2.65. The number of benzene rings is 3. The quantitative estimate of drug-likeness (QED) is 0.519. The van der Waals surface area contributed by atoms with E-state index >= 15 is 0 Å². The van der Waals surface area contributed by atoms with Gasteiger partial charge in [-0.15, -0.1) is 0 Å². The van der Waals surface area contributed by atoms with Gasteiger partial charge in [-0.05, 0) is 31.2 Å². The molecule has 9 nitrogen and oxygen atoms in total. The number of fused-ring (bicyclic) bond motifs is 4. The summed E-state index contributed by atoms with van der Waals surface area (Å²) in [7, 11) is 4.53. The summed E-state index contributed by atoms with van der Waals surface area (Å²) in [6.07, 6.45) is 0.567. The highest BCUT2D eigenvalue weighted by molar-refractivity contribution is 6.06. The normalized spacial score (nSPS) is 19.9. The maximum absolute atomic E-state index is 13.2. The number of rotatable bonds is 6. The van der Waals surface area contributed by atoms with Crippen LogP contribution in [0.25, 0.3) is 0 Å². The van der Waals surface area contributed by atoms with E-state index in [4.69, 9.17) is 18.9 Å². The molecule has 0 aliphatic carbocycles. The van der Waals surface area contributed by atoms with Gasteiger partial charge < -0.3 is 29.6 Å². The molecule has 3 aromatic carbocycles. The van der Waals surface area contributed by atoms with Crippen molar-refractivity contribution in [2.24, 2.45) is 0 Å². The first-order valence-electron chi connectivity index (χ1n) is 11.5. The van der Waals surface area contributed by atoms with Gasteiger partial charge in [-0.25, -0.2) is 4.79 Å². The van der Waals surface area contributed by atoms with E-state index in [1.807, 2.05) is 31.2 Å². The van der Waals surface area contributed by atoms with Crippen molar-refractivity contribution in [2.75, 3.05) is 31.5 Å². The number of ether oxygens (including phenoxy) is 4. The number of nitrogens with one attached hydrogen (secondary N) is 2. The van der Waals surface area contributed by atoms with Gasteiger partial charge in [0, 0.05) is 35.4 Å². The number of para-hydroxylation sites is 1. The van der Waals surface area contributed by atoms with E-state index in [-0.39, 0.29) is 18.0 Å². The molecular formula is C27H27N3O6. The van der Waals surface area contributed by atoms with Crippen LogP contribution in [-0.4, -0.2) is 39.0 Å². The largest absolute Gasteiger partial charge is 0.493 e. The zero-order valence-corrected chi connectivity index (χ0v) is 20.5. The fourth-order valence-electron chi connectivity index (χ4n) is 4.86. The molecule has 0 aromatic heterocycles. The molecule has 2 heterocycles. The van der Waals surface area contributed by atoms with Crippen LogP contribution in [0.3, 0.4) is 0 Å². The molecule has 2 N–H and O–H groups in total. The Hall–Kier alpha value is -4.40. The van der Waals surface area contributed by atoms with Crippen LogP contribution in [0.15, 0.2) is 60.7 Å². The van der Waals surface area contributed by atoms with Gasteiger partial charge in [-0.3, -0.25) is 9.69 Å². The Balaban J connectivity index is 1.43. The number of hydrogen-bond donors (Lipinski definition) is 2. The summed E-state index contributed by atoms with van der Waals surface area (Å²) in [4.78, 5) is 27.9. The third-order valence-corrected chi connectivity index (χ3v) is 6.47. The van der Waals surface area contributed by atoms with E-state index in [1.165, 1.54) is 21.3 Å². The molecule has 0 unspecified atom stereocenters. The number of hydrogen-bond acceptors (Lipinski definition) is 6. The van der Waals surface area contributed by atoms with Gasteiger partial charge in [-0.2, -0.15) is 0 Å². The van der Waals surface area contributed by atoms with Crippen molar-refractivity contribution in [3.05, 3.63) is 71.8 Å². The van der Waals surface area contributed by atoms with Gasteiger partial charge in [0.05, 0.1) is 33.1 Å². The van der Waals surface area contributed by atoms with Crippen molar-refractivity contribution < 1.29 is 28.5 Å². The molecule has 9 heteroatoms. The van der Waals surface area contributed by atoms with Crippen LogP contribution < -0.4 is 34.5 Å². The molecule has 0 spiro atoms. The third kappa shape index (κ3) is 3.92. The van der Waals surface area contributed by atoms with Crippen molar-refractivity contribution in [1.29, 1.82) is 0 Å². The summed E-state index contributed by atoms with van der Waals surface area (Å²) in [6.45, 7) is 1.89. The van der Waals surface area contributed by atoms with E-state index in [0.29, 0.717) is 40.6 Å². The first-order valence-corrected chi connectivity index (χ1v) is 11.5. The van der Waals surface area contributed by atoms with E-state index in [9.17, 15) is 9.59 Å². The number of anilines is 2. The van der Waals surface area contributed by atoms with Crippen molar-refractivity contribution in [1.82, 2.24) is 5.32 Å². The second-order valence-electron chi connectivity index (χ2n) is 8.77. The van der Waals surface area contributed by atoms with Crippen LogP contribution in [0.2, 0.25) is 0 Å². The fraction of sp³-hybridized carbons (Fsp3) is 0.259. The van der Waals surface area contributed by atoms with Gasteiger partial charge in [0.25, 0.3) is 5.91 Å². The molecule has 2 atom stereocenters. The topological polar surface area (TPSA) is 98.4 Å². The lowest BCUT2D eigenvalue weighted by molar-refractivity contribution is 0.0378. The minimum Gasteiger partial charge on any atom is -0.493 e. The summed E-state index contributed by atoms with van der Waals surface area (Å²) in [5.74, 6) is 1.64. The number of methoxy groups -OCH3 is 3. The maximum Gasteiger partial charge on any atom is 0.325 e. The van der Waals surface area contributed by atoms with Crippen molar-refractivity contribution in [2.45, 2.75) is 25.1 Å². The predicted molar refractivity (Wildman–Crippen MR) is 134 cm³/mol. The highest BCUT2D eigenvalue weighted by Gasteiger charge is 2.49. The van der Waals surface area contributed by atoms with E-state index < -0.39 is 5.72 Å². The minimum atomic E-state index is -0.910. The van der Waals surface area contributed by atoms with Crippen molar-refractivity contribution >= 4 is 23.3 Å². The Bertz CT molecular complexity index is 1320. The van der Waals surface area contributed by atoms with Gasteiger partial charge >= 0.3 is 6.03 Å². The molecule has 3 amide bonds. The third-order valence-electron chi connectivity index (χ3n) is 6.47. The Labute approximate surface area is 208 Å². The average Bonchev–Trinajstić information content (AvgIpc) is 2.87. The number of urea groups is 1. The number of amides is 3. The van der Waals surface area contributed by atoms with Crippen LogP contribution in [0.5, 0.6) is 23.0 Å². The number of carbonyl (C=O) groups is 2. The van der Waals surface area contributed by atoms with Crippen LogP contribution in [0.1, 0.15) is 35.3 Å². The van der Waals surface area contributed by atoms with E-state index in [1.54, 1.807) is 41.3 Å². The predicted octanol–water partition coefficient (Wildman–Crippen LogP) is 4.73. The van der Waals surface area contributed by atoms with Crippen LogP contribution >= 0.6 is 0 Å². The first kappa shape index (κ1) is 23.3.